The molecule has 0 fully saturated rings. The van der Waals surface area contributed by atoms with E-state index >= 15 is 0 Å². The molecule has 0 amide bonds. The van der Waals surface area contributed by atoms with Crippen molar-refractivity contribution in [1.29, 1.82) is 0 Å². The molecule has 0 heterocycles. The molecule has 0 unspecified atom stereocenters. The van der Waals surface area contributed by atoms with Crippen LogP contribution in [0.4, 0.5) is 0 Å². The molecule has 0 aliphatic rings. The predicted molar refractivity (Wildman–Crippen MR) is 106 cm³/mol. The Morgan fingerprint density at radius 3 is 1.78 bits per heavy atom. The quantitative estimate of drug-likeness (QED) is 0.234. The fourth-order valence-corrected chi connectivity index (χ4v) is 3.44. The summed E-state index contributed by atoms with van der Waals surface area (Å²) in [6.07, 6.45) is 7.60. The van der Waals surface area contributed by atoms with Gasteiger partial charge in [0.2, 0.25) is 0 Å². The van der Waals surface area contributed by atoms with E-state index < -0.39 is 13.8 Å². The number of ether oxygens (including phenoxy) is 1. The van der Waals surface area contributed by atoms with Crippen LogP contribution < -0.4 is 0 Å². The molecule has 7 nitrogen and oxygen atoms in total. The van der Waals surface area contributed by atoms with E-state index in [0.717, 1.165) is 51.6 Å². The Hall–Kier alpha value is -0.460. The van der Waals surface area contributed by atoms with Crippen molar-refractivity contribution in [1.82, 2.24) is 0 Å². The van der Waals surface area contributed by atoms with Gasteiger partial charge in [0.15, 0.2) is 0 Å². The molecule has 0 saturated heterocycles. The van der Waals surface area contributed by atoms with E-state index in [1.807, 2.05) is 13.8 Å². The van der Waals surface area contributed by atoms with Crippen LogP contribution in [0.2, 0.25) is 0 Å². The SMILES string of the molecule is CC(C)(CCCCOCCCCC(C)(C)CC(=O)O)CCCOP(=O)(O)O. The lowest BCUT2D eigenvalue weighted by molar-refractivity contribution is -0.139. The lowest BCUT2D eigenvalue weighted by Crippen LogP contribution is -2.16. The zero-order valence-corrected chi connectivity index (χ0v) is 18.3. The van der Waals surface area contributed by atoms with Gasteiger partial charge in [-0.15, -0.1) is 0 Å². The second-order valence-corrected chi connectivity index (χ2v) is 10.1. The number of aliphatic carboxylic acids is 1. The first kappa shape index (κ1) is 26.5. The van der Waals surface area contributed by atoms with Crippen molar-refractivity contribution in [2.24, 2.45) is 10.8 Å². The summed E-state index contributed by atoms with van der Waals surface area (Å²) in [5.74, 6) is -0.742. The number of phosphoric acid groups is 1. The van der Waals surface area contributed by atoms with E-state index in [1.54, 1.807) is 0 Å². The maximum atomic E-state index is 10.8. The van der Waals surface area contributed by atoms with E-state index in [9.17, 15) is 9.36 Å². The van der Waals surface area contributed by atoms with Crippen LogP contribution in [-0.4, -0.2) is 40.7 Å². The van der Waals surface area contributed by atoms with E-state index in [1.165, 1.54) is 0 Å². The van der Waals surface area contributed by atoms with Crippen molar-refractivity contribution in [2.45, 2.75) is 85.5 Å². The van der Waals surface area contributed by atoms with Crippen molar-refractivity contribution in [3.63, 3.8) is 0 Å². The molecular weight excluding hydrogens is 371 g/mol. The molecule has 0 aromatic carbocycles. The van der Waals surface area contributed by atoms with Crippen molar-refractivity contribution < 1.29 is 33.5 Å². The van der Waals surface area contributed by atoms with Gasteiger partial charge in [-0.05, 0) is 49.4 Å². The zero-order chi connectivity index (χ0) is 21.0. The number of hydrogen-bond donors (Lipinski definition) is 3. The van der Waals surface area contributed by atoms with Gasteiger partial charge in [0.05, 0.1) is 13.0 Å². The molecule has 3 N–H and O–H groups in total. The molecular formula is C19H39O7P. The largest absolute Gasteiger partial charge is 0.481 e. The Kier molecular flexibility index (Phi) is 12.7. The number of phosphoric ester groups is 1. The normalized spacial score (nSPS) is 13.1. The first-order valence-corrected chi connectivity index (χ1v) is 11.4. The lowest BCUT2D eigenvalue weighted by atomic mass is 9.83. The molecule has 0 atom stereocenters. The number of carboxylic acids is 1. The molecule has 27 heavy (non-hydrogen) atoms. The fourth-order valence-electron chi connectivity index (χ4n) is 3.07. The molecule has 0 aromatic rings. The van der Waals surface area contributed by atoms with Gasteiger partial charge in [-0.25, -0.2) is 4.57 Å². The second-order valence-electron chi connectivity index (χ2n) is 8.85. The minimum absolute atomic E-state index is 0.0834. The fraction of sp³-hybridized carbons (Fsp3) is 0.947. The first-order valence-electron chi connectivity index (χ1n) is 9.83. The van der Waals surface area contributed by atoms with Crippen LogP contribution in [0.1, 0.15) is 85.5 Å². The van der Waals surface area contributed by atoms with E-state index in [4.69, 9.17) is 19.6 Å². The van der Waals surface area contributed by atoms with Crippen LogP contribution in [-0.2, 0) is 18.6 Å². The molecule has 0 aromatic heterocycles. The third-order valence-electron chi connectivity index (χ3n) is 4.67. The highest BCUT2D eigenvalue weighted by Crippen LogP contribution is 2.37. The summed E-state index contributed by atoms with van der Waals surface area (Å²) in [5.41, 5.74) is -0.0400. The van der Waals surface area contributed by atoms with Gasteiger partial charge >= 0.3 is 13.8 Å². The highest BCUT2D eigenvalue weighted by Gasteiger charge is 2.21. The van der Waals surface area contributed by atoms with Gasteiger partial charge in [-0.1, -0.05) is 40.5 Å². The van der Waals surface area contributed by atoms with Crippen LogP contribution in [0.25, 0.3) is 0 Å². The molecule has 0 aliphatic carbocycles. The van der Waals surface area contributed by atoms with Crippen LogP contribution in [0.3, 0.4) is 0 Å². The van der Waals surface area contributed by atoms with Gasteiger partial charge in [-0.3, -0.25) is 9.32 Å². The molecule has 0 spiro atoms. The highest BCUT2D eigenvalue weighted by atomic mass is 31.2. The summed E-state index contributed by atoms with van der Waals surface area (Å²) < 4.78 is 20.7. The Balaban J connectivity index is 3.59. The van der Waals surface area contributed by atoms with Crippen LogP contribution in [0, 0.1) is 10.8 Å². The molecule has 162 valence electrons. The third kappa shape index (κ3) is 18.7. The standard InChI is InChI=1S/C19H39O7P/c1-18(2,12-9-15-26-27(22,23)24)10-5-7-13-25-14-8-6-11-19(3,4)16-17(20)21/h5-16H2,1-4H3,(H,20,21)(H2,22,23,24). The summed E-state index contributed by atoms with van der Waals surface area (Å²) in [6.45, 7) is 9.82. The Morgan fingerprint density at radius 2 is 1.30 bits per heavy atom. The number of unbranched alkanes of at least 4 members (excludes halogenated alkanes) is 2. The maximum absolute atomic E-state index is 10.8. The van der Waals surface area contributed by atoms with Crippen molar-refractivity contribution in [2.75, 3.05) is 19.8 Å². The minimum atomic E-state index is -4.35. The van der Waals surface area contributed by atoms with Crippen molar-refractivity contribution in [3.05, 3.63) is 0 Å². The van der Waals surface area contributed by atoms with Crippen molar-refractivity contribution >= 4 is 13.8 Å². The van der Waals surface area contributed by atoms with E-state index in [2.05, 4.69) is 18.4 Å². The molecule has 0 saturated carbocycles. The summed E-state index contributed by atoms with van der Waals surface area (Å²) in [7, 11) is -4.35. The van der Waals surface area contributed by atoms with Crippen LogP contribution in [0.15, 0.2) is 0 Å². The second kappa shape index (κ2) is 12.9. The van der Waals surface area contributed by atoms with E-state index in [-0.39, 0.29) is 23.9 Å². The number of rotatable bonds is 17. The molecule has 0 rings (SSSR count). The van der Waals surface area contributed by atoms with Gasteiger partial charge in [-0.2, -0.15) is 0 Å². The molecule has 0 aliphatic heterocycles. The Bertz CT molecular complexity index is 457. The summed E-state index contributed by atoms with van der Waals surface area (Å²) in [4.78, 5) is 28.1. The average molecular weight is 410 g/mol. The summed E-state index contributed by atoms with van der Waals surface area (Å²) in [5, 5.41) is 8.86. The zero-order valence-electron chi connectivity index (χ0n) is 17.4. The molecule has 8 heteroatoms. The van der Waals surface area contributed by atoms with Crippen LogP contribution >= 0.6 is 7.82 Å². The monoisotopic (exact) mass is 410 g/mol. The maximum Gasteiger partial charge on any atom is 0.469 e. The number of hydrogen-bond acceptors (Lipinski definition) is 4. The Labute approximate surface area is 164 Å². The van der Waals surface area contributed by atoms with Gasteiger partial charge in [0.25, 0.3) is 0 Å². The highest BCUT2D eigenvalue weighted by molar-refractivity contribution is 7.46. The summed E-state index contributed by atoms with van der Waals surface area (Å²) >= 11 is 0. The van der Waals surface area contributed by atoms with Gasteiger partial charge < -0.3 is 19.6 Å². The smallest absolute Gasteiger partial charge is 0.469 e. The van der Waals surface area contributed by atoms with Crippen LogP contribution in [0.5, 0.6) is 0 Å². The van der Waals surface area contributed by atoms with E-state index in [0.29, 0.717) is 13.0 Å². The van der Waals surface area contributed by atoms with Gasteiger partial charge in [0.1, 0.15) is 0 Å². The third-order valence-corrected chi connectivity index (χ3v) is 5.19. The Morgan fingerprint density at radius 1 is 0.815 bits per heavy atom. The lowest BCUT2D eigenvalue weighted by Gasteiger charge is -2.24. The molecule has 0 bridgehead atoms. The average Bonchev–Trinajstić information content (AvgIpc) is 2.47. The number of carboxylic acid groups (broad SMARTS) is 1. The summed E-state index contributed by atoms with van der Waals surface area (Å²) in [6, 6.07) is 0. The predicted octanol–water partition coefficient (Wildman–Crippen LogP) is 4.76. The molecule has 0 radical (unpaired) electrons. The topological polar surface area (TPSA) is 113 Å². The van der Waals surface area contributed by atoms with Gasteiger partial charge in [0, 0.05) is 13.2 Å². The first-order chi connectivity index (χ1) is 12.3. The minimum Gasteiger partial charge on any atom is -0.481 e. The number of carbonyl (C=O) groups is 1. The van der Waals surface area contributed by atoms with Crippen molar-refractivity contribution in [3.8, 4) is 0 Å².